The Morgan fingerprint density at radius 2 is 2.29 bits per heavy atom. The number of piperidine rings is 1. The highest BCUT2D eigenvalue weighted by molar-refractivity contribution is 4.89. The highest BCUT2D eigenvalue weighted by atomic mass is 16.1. The van der Waals surface area contributed by atoms with E-state index in [-0.39, 0.29) is 5.56 Å². The van der Waals surface area contributed by atoms with E-state index in [1.165, 1.54) is 32.0 Å². The van der Waals surface area contributed by atoms with Crippen LogP contribution in [-0.2, 0) is 0 Å². The van der Waals surface area contributed by atoms with Gasteiger partial charge in [-0.05, 0) is 37.9 Å². The molecular formula is C11H18N2O. The standard InChI is InChI=1S/C6H13N.C5H5NO/c1-6-3-2-4-7-5-6;7-5-3-1-2-4-6-5/h6-7H,2-5H2,1H3;1-4H,(H,6,7). The molecule has 0 amide bonds. The van der Waals surface area contributed by atoms with Gasteiger partial charge < -0.3 is 10.3 Å². The third-order valence-electron chi connectivity index (χ3n) is 2.22. The number of H-pyrrole nitrogens is 1. The minimum atomic E-state index is -0.0532. The summed E-state index contributed by atoms with van der Waals surface area (Å²) in [7, 11) is 0. The molecule has 0 bridgehead atoms. The smallest absolute Gasteiger partial charge is 0.247 e. The Bertz CT molecular complexity index is 272. The second-order valence-corrected chi connectivity index (χ2v) is 3.68. The molecule has 2 N–H and O–H groups in total. The van der Waals surface area contributed by atoms with Gasteiger partial charge in [0.1, 0.15) is 0 Å². The van der Waals surface area contributed by atoms with Crippen LogP contribution >= 0.6 is 0 Å². The summed E-state index contributed by atoms with van der Waals surface area (Å²) >= 11 is 0. The molecule has 1 fully saturated rings. The van der Waals surface area contributed by atoms with Gasteiger partial charge in [-0.15, -0.1) is 0 Å². The zero-order chi connectivity index (χ0) is 10.2. The monoisotopic (exact) mass is 194 g/mol. The first-order valence-electron chi connectivity index (χ1n) is 5.13. The van der Waals surface area contributed by atoms with Crippen LogP contribution in [0, 0.1) is 5.92 Å². The van der Waals surface area contributed by atoms with Crippen molar-refractivity contribution in [2.24, 2.45) is 5.92 Å². The van der Waals surface area contributed by atoms with Crippen LogP contribution in [-0.4, -0.2) is 18.1 Å². The summed E-state index contributed by atoms with van der Waals surface area (Å²) < 4.78 is 0. The van der Waals surface area contributed by atoms with Crippen LogP contribution in [0.25, 0.3) is 0 Å². The van der Waals surface area contributed by atoms with Crippen molar-refractivity contribution in [3.63, 3.8) is 0 Å². The number of aromatic nitrogens is 1. The number of hydrogen-bond donors (Lipinski definition) is 2. The summed E-state index contributed by atoms with van der Waals surface area (Å²) in [5, 5.41) is 3.33. The topological polar surface area (TPSA) is 44.9 Å². The molecule has 78 valence electrons. The summed E-state index contributed by atoms with van der Waals surface area (Å²) in [6, 6.07) is 4.93. The van der Waals surface area contributed by atoms with Gasteiger partial charge in [-0.3, -0.25) is 4.79 Å². The minimum Gasteiger partial charge on any atom is -0.329 e. The highest BCUT2D eigenvalue weighted by Gasteiger charge is 2.04. The fraction of sp³-hybridized carbons (Fsp3) is 0.545. The maximum absolute atomic E-state index is 10.2. The van der Waals surface area contributed by atoms with Crippen LogP contribution in [0.2, 0.25) is 0 Å². The lowest BCUT2D eigenvalue weighted by molar-refractivity contribution is 0.405. The number of nitrogens with one attached hydrogen (secondary N) is 2. The lowest BCUT2D eigenvalue weighted by Crippen LogP contribution is -2.27. The first-order valence-corrected chi connectivity index (χ1v) is 5.13. The van der Waals surface area contributed by atoms with Crippen molar-refractivity contribution >= 4 is 0 Å². The highest BCUT2D eigenvalue weighted by Crippen LogP contribution is 2.06. The van der Waals surface area contributed by atoms with Gasteiger partial charge in [0.05, 0.1) is 0 Å². The fourth-order valence-electron chi connectivity index (χ4n) is 1.40. The van der Waals surface area contributed by atoms with E-state index in [1.807, 2.05) is 0 Å². The molecule has 3 nitrogen and oxygen atoms in total. The van der Waals surface area contributed by atoms with Crippen molar-refractivity contribution in [2.75, 3.05) is 13.1 Å². The Morgan fingerprint density at radius 3 is 2.57 bits per heavy atom. The molecule has 1 unspecified atom stereocenters. The first kappa shape index (κ1) is 11.0. The quantitative estimate of drug-likeness (QED) is 0.655. The third kappa shape index (κ3) is 4.82. The molecule has 0 spiro atoms. The van der Waals surface area contributed by atoms with E-state index in [0.717, 1.165) is 5.92 Å². The van der Waals surface area contributed by atoms with Crippen molar-refractivity contribution in [3.8, 4) is 0 Å². The fourth-order valence-corrected chi connectivity index (χ4v) is 1.40. The van der Waals surface area contributed by atoms with Crippen molar-refractivity contribution < 1.29 is 0 Å². The minimum absolute atomic E-state index is 0.0532. The lowest BCUT2D eigenvalue weighted by Gasteiger charge is -2.17. The molecule has 2 heterocycles. The Balaban J connectivity index is 0.000000140. The van der Waals surface area contributed by atoms with Gasteiger partial charge in [-0.1, -0.05) is 13.0 Å². The SMILES string of the molecule is CC1CCCNC1.O=c1cccc[nH]1. The van der Waals surface area contributed by atoms with E-state index in [0.29, 0.717) is 0 Å². The molecule has 1 atom stereocenters. The van der Waals surface area contributed by atoms with Crippen molar-refractivity contribution in [2.45, 2.75) is 19.8 Å². The maximum atomic E-state index is 10.2. The molecule has 0 radical (unpaired) electrons. The molecule has 1 aromatic heterocycles. The van der Waals surface area contributed by atoms with Crippen LogP contribution < -0.4 is 10.9 Å². The van der Waals surface area contributed by atoms with Crippen LogP contribution in [0.15, 0.2) is 29.2 Å². The van der Waals surface area contributed by atoms with Crippen molar-refractivity contribution in [3.05, 3.63) is 34.7 Å². The Morgan fingerprint density at radius 1 is 1.43 bits per heavy atom. The Hall–Kier alpha value is -1.09. The number of hydrogen-bond acceptors (Lipinski definition) is 2. The molecule has 0 saturated carbocycles. The third-order valence-corrected chi connectivity index (χ3v) is 2.22. The van der Waals surface area contributed by atoms with Gasteiger partial charge in [0, 0.05) is 12.3 Å². The molecule has 14 heavy (non-hydrogen) atoms. The maximum Gasteiger partial charge on any atom is 0.247 e. The molecule has 1 saturated heterocycles. The van der Waals surface area contributed by atoms with Crippen LogP contribution in [0.1, 0.15) is 19.8 Å². The molecule has 2 rings (SSSR count). The van der Waals surface area contributed by atoms with E-state index in [4.69, 9.17) is 0 Å². The van der Waals surface area contributed by atoms with E-state index in [9.17, 15) is 4.79 Å². The zero-order valence-corrected chi connectivity index (χ0v) is 8.62. The average Bonchev–Trinajstić information content (AvgIpc) is 2.21. The number of aromatic amines is 1. The van der Waals surface area contributed by atoms with E-state index in [1.54, 1.807) is 18.3 Å². The van der Waals surface area contributed by atoms with Gasteiger partial charge >= 0.3 is 0 Å². The summed E-state index contributed by atoms with van der Waals surface area (Å²) in [6.45, 7) is 4.77. The molecule has 1 aromatic rings. The second-order valence-electron chi connectivity index (χ2n) is 3.68. The van der Waals surface area contributed by atoms with Crippen molar-refractivity contribution in [1.29, 1.82) is 0 Å². The van der Waals surface area contributed by atoms with Gasteiger partial charge in [0.2, 0.25) is 5.56 Å². The second kappa shape index (κ2) is 6.38. The van der Waals surface area contributed by atoms with Crippen molar-refractivity contribution in [1.82, 2.24) is 10.3 Å². The Labute approximate surface area is 84.6 Å². The van der Waals surface area contributed by atoms with Gasteiger partial charge in [0.25, 0.3) is 0 Å². The average molecular weight is 194 g/mol. The molecule has 0 aromatic carbocycles. The molecule has 1 aliphatic rings. The van der Waals surface area contributed by atoms with E-state index >= 15 is 0 Å². The largest absolute Gasteiger partial charge is 0.329 e. The predicted octanol–water partition coefficient (Wildman–Crippen LogP) is 1.38. The lowest BCUT2D eigenvalue weighted by atomic mass is 10.0. The van der Waals surface area contributed by atoms with E-state index in [2.05, 4.69) is 17.2 Å². The molecule has 0 aliphatic carbocycles. The van der Waals surface area contributed by atoms with Gasteiger partial charge in [-0.2, -0.15) is 0 Å². The van der Waals surface area contributed by atoms with Gasteiger partial charge in [0.15, 0.2) is 0 Å². The molecule has 3 heteroatoms. The summed E-state index contributed by atoms with van der Waals surface area (Å²) in [6.07, 6.45) is 4.40. The van der Waals surface area contributed by atoms with E-state index < -0.39 is 0 Å². The normalized spacial score (nSPS) is 20.8. The molecule has 1 aliphatic heterocycles. The number of pyridine rings is 1. The van der Waals surface area contributed by atoms with Crippen LogP contribution in [0.5, 0.6) is 0 Å². The zero-order valence-electron chi connectivity index (χ0n) is 8.62. The summed E-state index contributed by atoms with van der Waals surface area (Å²) in [4.78, 5) is 12.7. The Kier molecular flexibility index (Phi) is 5.00. The van der Waals surface area contributed by atoms with Crippen LogP contribution in [0.4, 0.5) is 0 Å². The summed E-state index contributed by atoms with van der Waals surface area (Å²) in [5.74, 6) is 0.925. The van der Waals surface area contributed by atoms with Crippen LogP contribution in [0.3, 0.4) is 0 Å². The molecular weight excluding hydrogens is 176 g/mol. The predicted molar refractivity (Wildman–Crippen MR) is 58.3 cm³/mol. The first-order chi connectivity index (χ1) is 6.79. The van der Waals surface area contributed by atoms with Gasteiger partial charge in [-0.25, -0.2) is 0 Å². The summed E-state index contributed by atoms with van der Waals surface area (Å²) in [5.41, 5.74) is -0.0532. The number of rotatable bonds is 0.